The van der Waals surface area contributed by atoms with Crippen LogP contribution in [-0.4, -0.2) is 73.6 Å². The van der Waals surface area contributed by atoms with E-state index in [1.165, 1.54) is 0 Å². The SMILES string of the molecule is NS(=O)(=O)N1CCN(C(=O)CN2C[C@@H](c3ccccc3)CC2=O)CC1. The number of rotatable bonds is 4. The van der Waals surface area contributed by atoms with Gasteiger partial charge >= 0.3 is 0 Å². The van der Waals surface area contributed by atoms with E-state index in [0.717, 1.165) is 9.87 Å². The molecule has 2 heterocycles. The summed E-state index contributed by atoms with van der Waals surface area (Å²) in [6, 6.07) is 9.81. The highest BCUT2D eigenvalue weighted by Crippen LogP contribution is 2.27. The maximum Gasteiger partial charge on any atom is 0.277 e. The Morgan fingerprint density at radius 1 is 1.12 bits per heavy atom. The smallest absolute Gasteiger partial charge is 0.277 e. The monoisotopic (exact) mass is 366 g/mol. The molecule has 2 fully saturated rings. The highest BCUT2D eigenvalue weighted by molar-refractivity contribution is 7.86. The lowest BCUT2D eigenvalue weighted by atomic mass is 9.99. The molecule has 0 saturated carbocycles. The minimum atomic E-state index is -3.71. The Morgan fingerprint density at radius 2 is 1.76 bits per heavy atom. The van der Waals surface area contributed by atoms with Crippen LogP contribution in [0.2, 0.25) is 0 Å². The molecule has 1 atom stereocenters. The summed E-state index contributed by atoms with van der Waals surface area (Å²) in [5.41, 5.74) is 1.10. The van der Waals surface area contributed by atoms with Gasteiger partial charge in [0.15, 0.2) is 0 Å². The number of nitrogens with zero attached hydrogens (tertiary/aromatic N) is 3. The molecule has 136 valence electrons. The molecule has 1 aromatic carbocycles. The molecule has 2 aliphatic rings. The summed E-state index contributed by atoms with van der Waals surface area (Å²) in [5.74, 6) is -0.0674. The van der Waals surface area contributed by atoms with E-state index >= 15 is 0 Å². The van der Waals surface area contributed by atoms with Crippen LogP contribution in [0.4, 0.5) is 0 Å². The third-order valence-electron chi connectivity index (χ3n) is 4.76. The number of hydrogen-bond donors (Lipinski definition) is 1. The first-order valence-electron chi connectivity index (χ1n) is 8.23. The number of carbonyl (C=O) groups excluding carboxylic acids is 2. The van der Waals surface area contributed by atoms with Crippen molar-refractivity contribution in [3.63, 3.8) is 0 Å². The Labute approximate surface area is 147 Å². The number of benzene rings is 1. The van der Waals surface area contributed by atoms with Gasteiger partial charge in [0.1, 0.15) is 0 Å². The molecule has 2 N–H and O–H groups in total. The van der Waals surface area contributed by atoms with Crippen molar-refractivity contribution in [1.29, 1.82) is 0 Å². The van der Waals surface area contributed by atoms with Crippen molar-refractivity contribution in [3.05, 3.63) is 35.9 Å². The lowest BCUT2D eigenvalue weighted by molar-refractivity contribution is -0.139. The first kappa shape index (κ1) is 17.8. The van der Waals surface area contributed by atoms with Gasteiger partial charge in [0.05, 0.1) is 6.54 Å². The molecule has 3 rings (SSSR count). The summed E-state index contributed by atoms with van der Waals surface area (Å²) in [6.45, 7) is 1.53. The largest absolute Gasteiger partial charge is 0.339 e. The summed E-state index contributed by atoms with van der Waals surface area (Å²) in [7, 11) is -3.71. The minimum absolute atomic E-state index is 0.0228. The summed E-state index contributed by atoms with van der Waals surface area (Å²) in [4.78, 5) is 27.8. The van der Waals surface area contributed by atoms with Crippen molar-refractivity contribution in [2.45, 2.75) is 12.3 Å². The van der Waals surface area contributed by atoms with Crippen LogP contribution in [0, 0.1) is 0 Å². The van der Waals surface area contributed by atoms with Gasteiger partial charge in [-0.1, -0.05) is 30.3 Å². The third-order valence-corrected chi connectivity index (χ3v) is 5.85. The molecule has 2 aliphatic heterocycles. The average Bonchev–Trinajstić information content (AvgIpc) is 2.96. The second kappa shape index (κ2) is 7.11. The summed E-state index contributed by atoms with van der Waals surface area (Å²) in [5, 5.41) is 5.09. The number of carbonyl (C=O) groups is 2. The minimum Gasteiger partial charge on any atom is -0.339 e. The molecule has 8 nitrogen and oxygen atoms in total. The Morgan fingerprint density at radius 3 is 2.36 bits per heavy atom. The standard InChI is InChI=1S/C16H22N4O4S/c17-25(23,24)20-8-6-18(7-9-20)16(22)12-19-11-14(10-15(19)21)13-4-2-1-3-5-13/h1-5,14H,6-12H2,(H2,17,23,24)/t14-/m0/s1. The molecule has 2 amide bonds. The molecule has 1 aromatic rings. The van der Waals surface area contributed by atoms with Gasteiger partial charge < -0.3 is 9.80 Å². The van der Waals surface area contributed by atoms with Crippen LogP contribution in [0.5, 0.6) is 0 Å². The van der Waals surface area contributed by atoms with Crippen LogP contribution < -0.4 is 5.14 Å². The second-order valence-corrected chi connectivity index (χ2v) is 7.96. The zero-order chi connectivity index (χ0) is 18.0. The molecule has 0 spiro atoms. The third kappa shape index (κ3) is 4.17. The molecular formula is C16H22N4O4S. The maximum atomic E-state index is 12.4. The van der Waals surface area contributed by atoms with E-state index in [0.29, 0.717) is 26.1 Å². The molecule has 0 bridgehead atoms. The van der Waals surface area contributed by atoms with Gasteiger partial charge in [-0.3, -0.25) is 9.59 Å². The highest BCUT2D eigenvalue weighted by atomic mass is 32.2. The lowest BCUT2D eigenvalue weighted by Crippen LogP contribution is -2.54. The average molecular weight is 366 g/mol. The van der Waals surface area contributed by atoms with Crippen molar-refractivity contribution >= 4 is 22.0 Å². The number of likely N-dealkylation sites (tertiary alicyclic amines) is 1. The first-order valence-corrected chi connectivity index (χ1v) is 9.73. The van der Waals surface area contributed by atoms with Gasteiger partial charge in [0, 0.05) is 45.1 Å². The fourth-order valence-electron chi connectivity index (χ4n) is 3.33. The Bertz CT molecular complexity index is 745. The number of hydrogen-bond acceptors (Lipinski definition) is 4. The highest BCUT2D eigenvalue weighted by Gasteiger charge is 2.33. The van der Waals surface area contributed by atoms with Crippen LogP contribution >= 0.6 is 0 Å². The topological polar surface area (TPSA) is 104 Å². The van der Waals surface area contributed by atoms with E-state index < -0.39 is 10.2 Å². The predicted molar refractivity (Wildman–Crippen MR) is 91.6 cm³/mol. The molecule has 0 radical (unpaired) electrons. The number of piperazine rings is 1. The van der Waals surface area contributed by atoms with Crippen LogP contribution in [0.1, 0.15) is 17.9 Å². The van der Waals surface area contributed by atoms with E-state index in [2.05, 4.69) is 0 Å². The van der Waals surface area contributed by atoms with Gasteiger partial charge in [-0.15, -0.1) is 0 Å². The van der Waals surface area contributed by atoms with E-state index in [9.17, 15) is 18.0 Å². The Hall–Kier alpha value is -1.97. The summed E-state index contributed by atoms with van der Waals surface area (Å²) >= 11 is 0. The van der Waals surface area contributed by atoms with Crippen LogP contribution in [0.3, 0.4) is 0 Å². The van der Waals surface area contributed by atoms with Gasteiger partial charge in [-0.2, -0.15) is 12.7 Å². The van der Waals surface area contributed by atoms with Crippen molar-refractivity contribution < 1.29 is 18.0 Å². The molecule has 9 heteroatoms. The molecule has 2 saturated heterocycles. The predicted octanol–water partition coefficient (Wildman–Crippen LogP) is -0.650. The summed E-state index contributed by atoms with van der Waals surface area (Å²) < 4.78 is 23.8. The molecule has 0 aromatic heterocycles. The van der Waals surface area contributed by atoms with Crippen molar-refractivity contribution in [2.75, 3.05) is 39.3 Å². The summed E-state index contributed by atoms with van der Waals surface area (Å²) in [6.07, 6.45) is 0.413. The van der Waals surface area contributed by atoms with Crippen LogP contribution in [0.15, 0.2) is 30.3 Å². The molecule has 0 aliphatic carbocycles. The van der Waals surface area contributed by atoms with Crippen molar-refractivity contribution in [1.82, 2.24) is 14.1 Å². The van der Waals surface area contributed by atoms with Crippen LogP contribution in [0.25, 0.3) is 0 Å². The molecule has 25 heavy (non-hydrogen) atoms. The molecular weight excluding hydrogens is 344 g/mol. The van der Waals surface area contributed by atoms with Gasteiger partial charge in [-0.05, 0) is 5.56 Å². The number of nitrogens with two attached hydrogens (primary N) is 1. The quantitative estimate of drug-likeness (QED) is 0.765. The van der Waals surface area contributed by atoms with Crippen molar-refractivity contribution in [3.8, 4) is 0 Å². The fraction of sp³-hybridized carbons (Fsp3) is 0.500. The Kier molecular flexibility index (Phi) is 5.07. The number of amides is 2. The van der Waals surface area contributed by atoms with Gasteiger partial charge in [0.25, 0.3) is 10.2 Å². The zero-order valence-electron chi connectivity index (χ0n) is 13.9. The fourth-order valence-corrected chi connectivity index (χ4v) is 4.00. The molecule has 0 unspecified atom stereocenters. The zero-order valence-corrected chi connectivity index (χ0v) is 14.7. The van der Waals surface area contributed by atoms with E-state index in [1.54, 1.807) is 9.80 Å². The Balaban J connectivity index is 1.54. The maximum absolute atomic E-state index is 12.4. The van der Waals surface area contributed by atoms with E-state index in [4.69, 9.17) is 5.14 Å². The van der Waals surface area contributed by atoms with E-state index in [-0.39, 0.29) is 37.4 Å². The van der Waals surface area contributed by atoms with Gasteiger partial charge in [0.2, 0.25) is 11.8 Å². The van der Waals surface area contributed by atoms with E-state index in [1.807, 2.05) is 30.3 Å². The first-order chi connectivity index (χ1) is 11.8. The van der Waals surface area contributed by atoms with Crippen molar-refractivity contribution in [2.24, 2.45) is 5.14 Å². The lowest BCUT2D eigenvalue weighted by Gasteiger charge is -2.33. The second-order valence-electron chi connectivity index (χ2n) is 6.41. The van der Waals surface area contributed by atoms with Gasteiger partial charge in [-0.25, -0.2) is 5.14 Å². The van der Waals surface area contributed by atoms with Crippen LogP contribution in [-0.2, 0) is 19.8 Å². The normalized spacial score (nSPS) is 22.4.